The van der Waals surface area contributed by atoms with E-state index in [2.05, 4.69) is 25.7 Å². The van der Waals surface area contributed by atoms with Gasteiger partial charge in [0.1, 0.15) is 0 Å². The summed E-state index contributed by atoms with van der Waals surface area (Å²) in [7, 11) is 0. The second-order valence-corrected chi connectivity index (χ2v) is 7.73. The Hall–Kier alpha value is -1.10. The number of rotatable bonds is 5. The van der Waals surface area contributed by atoms with Crippen molar-refractivity contribution in [1.82, 2.24) is 9.80 Å². The first-order valence-corrected chi connectivity index (χ1v) is 8.01. The van der Waals surface area contributed by atoms with Gasteiger partial charge < -0.3 is 10.0 Å². The second-order valence-electron chi connectivity index (χ2n) is 7.73. The number of aliphatic carboxylic acids is 1. The van der Waals surface area contributed by atoms with Crippen LogP contribution in [0.15, 0.2) is 0 Å². The van der Waals surface area contributed by atoms with Gasteiger partial charge in [0.2, 0.25) is 5.91 Å². The van der Waals surface area contributed by atoms with Crippen LogP contribution in [-0.4, -0.2) is 59.0 Å². The number of hydrogen-bond acceptors (Lipinski definition) is 3. The first-order chi connectivity index (χ1) is 9.76. The van der Waals surface area contributed by atoms with Crippen molar-refractivity contribution < 1.29 is 14.7 Å². The van der Waals surface area contributed by atoms with Gasteiger partial charge in [-0.3, -0.25) is 14.5 Å². The Bertz CT molecular complexity index is 399. The molecule has 1 aliphatic heterocycles. The second kappa shape index (κ2) is 6.34. The summed E-state index contributed by atoms with van der Waals surface area (Å²) in [6.07, 6.45) is 3.59. The largest absolute Gasteiger partial charge is 0.481 e. The van der Waals surface area contributed by atoms with Gasteiger partial charge in [0.25, 0.3) is 0 Å². The summed E-state index contributed by atoms with van der Waals surface area (Å²) in [6, 6.07) is -0.490. The molecule has 2 rings (SSSR count). The minimum absolute atomic E-state index is 0.0137. The van der Waals surface area contributed by atoms with Crippen LogP contribution in [0.4, 0.5) is 0 Å². The minimum atomic E-state index is -0.891. The first-order valence-electron chi connectivity index (χ1n) is 8.01. The van der Waals surface area contributed by atoms with E-state index >= 15 is 0 Å². The van der Waals surface area contributed by atoms with Gasteiger partial charge in [0.05, 0.1) is 12.5 Å². The van der Waals surface area contributed by atoms with Crippen LogP contribution >= 0.6 is 0 Å². The average molecular weight is 296 g/mol. The smallest absolute Gasteiger partial charge is 0.305 e. The van der Waals surface area contributed by atoms with Crippen molar-refractivity contribution in [2.45, 2.75) is 52.5 Å². The number of hydrogen-bond donors (Lipinski definition) is 1. The lowest BCUT2D eigenvalue weighted by molar-refractivity contribution is -0.150. The number of piperazine rings is 1. The highest BCUT2D eigenvalue weighted by molar-refractivity contribution is 5.86. The van der Waals surface area contributed by atoms with Crippen LogP contribution in [0.2, 0.25) is 0 Å². The molecule has 5 nitrogen and oxygen atoms in total. The maximum Gasteiger partial charge on any atom is 0.305 e. The molecule has 0 aromatic carbocycles. The number of carbonyl (C=O) groups is 2. The molecular formula is C16H28N2O3. The molecule has 0 bridgehead atoms. The Kier molecular flexibility index (Phi) is 4.91. The maximum absolute atomic E-state index is 12.7. The summed E-state index contributed by atoms with van der Waals surface area (Å²) in [6.45, 7) is 9.46. The van der Waals surface area contributed by atoms with E-state index in [-0.39, 0.29) is 17.7 Å². The van der Waals surface area contributed by atoms with E-state index in [0.717, 1.165) is 26.2 Å². The Morgan fingerprint density at radius 1 is 1.29 bits per heavy atom. The van der Waals surface area contributed by atoms with Crippen molar-refractivity contribution in [3.63, 3.8) is 0 Å². The molecule has 120 valence electrons. The lowest BCUT2D eigenvalue weighted by Crippen LogP contribution is -2.59. The molecule has 1 saturated carbocycles. The van der Waals surface area contributed by atoms with E-state index in [0.29, 0.717) is 5.92 Å². The summed E-state index contributed by atoms with van der Waals surface area (Å²) < 4.78 is 0. The van der Waals surface area contributed by atoms with E-state index in [1.54, 1.807) is 0 Å². The van der Waals surface area contributed by atoms with Gasteiger partial charge in [-0.2, -0.15) is 0 Å². The number of carboxylic acids is 1. The van der Waals surface area contributed by atoms with Crippen molar-refractivity contribution in [3.05, 3.63) is 0 Å². The molecule has 1 heterocycles. The Morgan fingerprint density at radius 2 is 1.95 bits per heavy atom. The Labute approximate surface area is 127 Å². The molecule has 0 aromatic rings. The number of amides is 1. The molecule has 0 aromatic heterocycles. The molecule has 0 radical (unpaired) electrons. The zero-order chi connectivity index (χ0) is 15.6. The molecule has 5 heteroatoms. The number of nitrogens with zero attached hydrogens (tertiary/aromatic N) is 2. The number of carbonyl (C=O) groups excluding carboxylic acids is 1. The van der Waals surface area contributed by atoms with Crippen LogP contribution in [0.5, 0.6) is 0 Å². The summed E-state index contributed by atoms with van der Waals surface area (Å²) in [4.78, 5) is 27.7. The topological polar surface area (TPSA) is 60.9 Å². The van der Waals surface area contributed by atoms with Crippen LogP contribution in [0.25, 0.3) is 0 Å². The van der Waals surface area contributed by atoms with Gasteiger partial charge in [-0.25, -0.2) is 0 Å². The lowest BCUT2D eigenvalue weighted by atomic mass is 9.84. The van der Waals surface area contributed by atoms with Crippen molar-refractivity contribution in [3.8, 4) is 0 Å². The Balaban J connectivity index is 2.03. The van der Waals surface area contributed by atoms with Crippen LogP contribution < -0.4 is 0 Å². The van der Waals surface area contributed by atoms with Crippen molar-refractivity contribution in [1.29, 1.82) is 0 Å². The maximum atomic E-state index is 12.7. The van der Waals surface area contributed by atoms with Crippen LogP contribution in [0.1, 0.15) is 46.5 Å². The van der Waals surface area contributed by atoms with E-state index in [1.165, 1.54) is 19.3 Å². The fourth-order valence-corrected chi connectivity index (χ4v) is 3.23. The molecule has 1 unspecified atom stereocenters. The van der Waals surface area contributed by atoms with Gasteiger partial charge in [-0.05, 0) is 24.2 Å². The highest BCUT2D eigenvalue weighted by Gasteiger charge is 2.38. The molecule has 21 heavy (non-hydrogen) atoms. The molecule has 1 N–H and O–H groups in total. The molecule has 0 spiro atoms. The molecule has 1 saturated heterocycles. The van der Waals surface area contributed by atoms with Gasteiger partial charge >= 0.3 is 5.97 Å². The molecule has 1 amide bonds. The Morgan fingerprint density at radius 3 is 2.43 bits per heavy atom. The fourth-order valence-electron chi connectivity index (χ4n) is 3.23. The normalized spacial score (nSPS) is 25.0. The molecule has 1 aliphatic carbocycles. The third-order valence-electron chi connectivity index (χ3n) is 4.44. The standard InChI is InChI=1S/C16H28N2O3/c1-16(2,3)11-18-8-7-17(10-12-5-4-6-12)15(21)13(18)9-14(19)20/h12-13H,4-11H2,1-3H3,(H,19,20). The van der Waals surface area contributed by atoms with Gasteiger partial charge in [-0.1, -0.05) is 27.2 Å². The fraction of sp³-hybridized carbons (Fsp3) is 0.875. The molecular weight excluding hydrogens is 268 g/mol. The molecule has 1 atom stereocenters. The third kappa shape index (κ3) is 4.43. The van der Waals surface area contributed by atoms with Gasteiger partial charge in [0, 0.05) is 26.2 Å². The SMILES string of the molecule is CC(C)(C)CN1CCN(CC2CCC2)C(=O)C1CC(=O)O. The highest BCUT2D eigenvalue weighted by Crippen LogP contribution is 2.29. The van der Waals surface area contributed by atoms with E-state index in [1.807, 2.05) is 4.90 Å². The van der Waals surface area contributed by atoms with Gasteiger partial charge in [0.15, 0.2) is 0 Å². The summed E-state index contributed by atoms with van der Waals surface area (Å²) in [5, 5.41) is 9.13. The zero-order valence-electron chi connectivity index (χ0n) is 13.5. The molecule has 2 fully saturated rings. The molecule has 2 aliphatic rings. The van der Waals surface area contributed by atoms with Crippen LogP contribution in [0.3, 0.4) is 0 Å². The third-order valence-corrected chi connectivity index (χ3v) is 4.44. The predicted octanol–water partition coefficient (Wildman–Crippen LogP) is 1.82. The van der Waals surface area contributed by atoms with Crippen LogP contribution in [-0.2, 0) is 9.59 Å². The van der Waals surface area contributed by atoms with Gasteiger partial charge in [-0.15, -0.1) is 0 Å². The lowest BCUT2D eigenvalue weighted by Gasteiger charge is -2.44. The summed E-state index contributed by atoms with van der Waals surface area (Å²) >= 11 is 0. The first kappa shape index (κ1) is 16.3. The van der Waals surface area contributed by atoms with E-state index < -0.39 is 12.0 Å². The average Bonchev–Trinajstić information content (AvgIpc) is 2.28. The van der Waals surface area contributed by atoms with Crippen LogP contribution in [0, 0.1) is 11.3 Å². The van der Waals surface area contributed by atoms with E-state index in [9.17, 15) is 9.59 Å². The minimum Gasteiger partial charge on any atom is -0.481 e. The zero-order valence-corrected chi connectivity index (χ0v) is 13.5. The summed E-state index contributed by atoms with van der Waals surface area (Å²) in [5.41, 5.74) is 0.0627. The van der Waals surface area contributed by atoms with Crippen molar-refractivity contribution in [2.24, 2.45) is 11.3 Å². The monoisotopic (exact) mass is 296 g/mol. The highest BCUT2D eigenvalue weighted by atomic mass is 16.4. The predicted molar refractivity (Wildman–Crippen MR) is 81.0 cm³/mol. The van der Waals surface area contributed by atoms with Crippen molar-refractivity contribution >= 4 is 11.9 Å². The summed E-state index contributed by atoms with van der Waals surface area (Å²) in [5.74, 6) is -0.244. The van der Waals surface area contributed by atoms with E-state index in [4.69, 9.17) is 5.11 Å². The number of carboxylic acid groups (broad SMARTS) is 1. The quantitative estimate of drug-likeness (QED) is 0.840. The van der Waals surface area contributed by atoms with Crippen molar-refractivity contribution in [2.75, 3.05) is 26.2 Å².